The molecule has 0 radical (unpaired) electrons. The largest absolute Gasteiger partial charge is 0.261 e. The number of rotatable bonds is 5. The van der Waals surface area contributed by atoms with Gasteiger partial charge >= 0.3 is 0 Å². The molecule has 23 heavy (non-hydrogen) atoms. The molecule has 2 atom stereocenters. The van der Waals surface area contributed by atoms with Gasteiger partial charge in [-0.1, -0.05) is 19.1 Å². The summed E-state index contributed by atoms with van der Waals surface area (Å²) in [6.45, 7) is 2.41. The lowest BCUT2D eigenvalue weighted by molar-refractivity contribution is 0.437. The highest BCUT2D eigenvalue weighted by Crippen LogP contribution is 2.34. The molecule has 6 heteroatoms. The van der Waals surface area contributed by atoms with Gasteiger partial charge in [-0.2, -0.15) is 5.10 Å². The molecule has 0 aliphatic rings. The van der Waals surface area contributed by atoms with Crippen LogP contribution in [-0.2, 0) is 6.54 Å². The molecule has 118 valence electrons. The highest BCUT2D eigenvalue weighted by Gasteiger charge is 2.25. The van der Waals surface area contributed by atoms with Crippen molar-refractivity contribution in [3.8, 4) is 0 Å². The van der Waals surface area contributed by atoms with E-state index in [9.17, 15) is 8.78 Å². The smallest absolute Gasteiger partial charge is 0.137 e. The molecule has 0 amide bonds. The van der Waals surface area contributed by atoms with E-state index in [-0.39, 0.29) is 11.8 Å². The molecule has 0 saturated heterocycles. The first-order valence-electron chi connectivity index (χ1n) is 7.33. The van der Waals surface area contributed by atoms with Gasteiger partial charge in [0.15, 0.2) is 0 Å². The summed E-state index contributed by atoms with van der Waals surface area (Å²) in [4.78, 5) is 8.28. The van der Waals surface area contributed by atoms with Gasteiger partial charge < -0.3 is 0 Å². The lowest BCUT2D eigenvalue weighted by atomic mass is 9.84. The first-order chi connectivity index (χ1) is 11.1. The fourth-order valence-electron chi connectivity index (χ4n) is 2.71. The average molecular weight is 314 g/mol. The highest BCUT2D eigenvalue weighted by atomic mass is 19.1. The van der Waals surface area contributed by atoms with Gasteiger partial charge in [0.2, 0.25) is 0 Å². The quantitative estimate of drug-likeness (QED) is 0.723. The van der Waals surface area contributed by atoms with Crippen LogP contribution < -0.4 is 0 Å². The van der Waals surface area contributed by atoms with Gasteiger partial charge in [0, 0.05) is 29.8 Å². The van der Waals surface area contributed by atoms with Gasteiger partial charge in [-0.3, -0.25) is 9.67 Å². The van der Waals surface area contributed by atoms with Crippen molar-refractivity contribution in [1.29, 1.82) is 0 Å². The summed E-state index contributed by atoms with van der Waals surface area (Å²) in [5.74, 6) is -1.46. The summed E-state index contributed by atoms with van der Waals surface area (Å²) >= 11 is 0. The molecule has 0 N–H and O–H groups in total. The van der Waals surface area contributed by atoms with Gasteiger partial charge in [0.05, 0.1) is 6.54 Å². The molecule has 0 aliphatic heterocycles. The minimum absolute atomic E-state index is 0.0691. The predicted molar refractivity (Wildman–Crippen MR) is 81.8 cm³/mol. The maximum atomic E-state index is 14.3. The van der Waals surface area contributed by atoms with E-state index in [2.05, 4.69) is 15.1 Å². The molecule has 2 heterocycles. The summed E-state index contributed by atoms with van der Waals surface area (Å²) in [6.07, 6.45) is 4.72. The number of hydrogen-bond donors (Lipinski definition) is 0. The predicted octanol–water partition coefficient (Wildman–Crippen LogP) is 3.54. The Morgan fingerprint density at radius 1 is 1.17 bits per heavy atom. The second-order valence-corrected chi connectivity index (χ2v) is 5.43. The average Bonchev–Trinajstić information content (AvgIpc) is 3.07. The third-order valence-corrected chi connectivity index (χ3v) is 3.97. The highest BCUT2D eigenvalue weighted by molar-refractivity contribution is 5.27. The Kier molecular flexibility index (Phi) is 4.41. The second-order valence-electron chi connectivity index (χ2n) is 5.43. The topological polar surface area (TPSA) is 43.6 Å². The van der Waals surface area contributed by atoms with Crippen molar-refractivity contribution < 1.29 is 8.78 Å². The Labute approximate surface area is 132 Å². The fraction of sp³-hybridized carbons (Fsp3) is 0.235. The van der Waals surface area contributed by atoms with Crippen LogP contribution in [0.4, 0.5) is 8.78 Å². The van der Waals surface area contributed by atoms with Crippen molar-refractivity contribution in [3.05, 3.63) is 78.1 Å². The third-order valence-electron chi connectivity index (χ3n) is 3.97. The summed E-state index contributed by atoms with van der Waals surface area (Å²) in [7, 11) is 0. The number of pyridine rings is 1. The molecule has 0 spiro atoms. The molecule has 0 fully saturated rings. The van der Waals surface area contributed by atoms with Gasteiger partial charge in [-0.05, 0) is 23.8 Å². The van der Waals surface area contributed by atoms with Crippen molar-refractivity contribution in [2.75, 3.05) is 0 Å². The van der Waals surface area contributed by atoms with Crippen LogP contribution in [0.2, 0.25) is 0 Å². The molecule has 3 aromatic rings. The van der Waals surface area contributed by atoms with E-state index in [0.29, 0.717) is 12.1 Å². The molecule has 1 aromatic carbocycles. The van der Waals surface area contributed by atoms with Crippen LogP contribution >= 0.6 is 0 Å². The zero-order chi connectivity index (χ0) is 16.2. The maximum absolute atomic E-state index is 14.3. The molecule has 2 aromatic heterocycles. The van der Waals surface area contributed by atoms with E-state index in [1.54, 1.807) is 17.2 Å². The number of hydrogen-bond acceptors (Lipinski definition) is 3. The molecule has 0 bridgehead atoms. The van der Waals surface area contributed by atoms with E-state index in [4.69, 9.17) is 0 Å². The van der Waals surface area contributed by atoms with Crippen LogP contribution in [0.15, 0.2) is 55.2 Å². The fourth-order valence-corrected chi connectivity index (χ4v) is 2.71. The maximum Gasteiger partial charge on any atom is 0.137 e. The van der Waals surface area contributed by atoms with Crippen LogP contribution in [-0.4, -0.2) is 19.7 Å². The minimum Gasteiger partial charge on any atom is -0.261 e. The summed E-state index contributed by atoms with van der Waals surface area (Å²) in [5.41, 5.74) is 1.29. The number of halogens is 2. The van der Waals surface area contributed by atoms with E-state index >= 15 is 0 Å². The van der Waals surface area contributed by atoms with E-state index in [0.717, 1.165) is 11.8 Å². The third kappa shape index (κ3) is 3.41. The first-order valence-corrected chi connectivity index (χ1v) is 7.33. The van der Waals surface area contributed by atoms with Crippen LogP contribution in [0.5, 0.6) is 0 Å². The van der Waals surface area contributed by atoms with E-state index in [1.165, 1.54) is 18.5 Å². The molecule has 3 rings (SSSR count). The SMILES string of the molecule is C[C@H](c1ccccn1)[C@@H](Cn1cncn1)c1ccc(F)cc1F. The van der Waals surface area contributed by atoms with Gasteiger partial charge in [-0.15, -0.1) is 0 Å². The lowest BCUT2D eigenvalue weighted by Gasteiger charge is -2.24. The van der Waals surface area contributed by atoms with Crippen LogP contribution in [0.25, 0.3) is 0 Å². The molecule has 0 aliphatic carbocycles. The van der Waals surface area contributed by atoms with E-state index in [1.807, 2.05) is 25.1 Å². The van der Waals surface area contributed by atoms with Crippen LogP contribution in [0.1, 0.15) is 30.0 Å². The lowest BCUT2D eigenvalue weighted by Crippen LogP contribution is -2.18. The Hall–Kier alpha value is -2.63. The van der Waals surface area contributed by atoms with Crippen molar-refractivity contribution >= 4 is 0 Å². The second kappa shape index (κ2) is 6.64. The van der Waals surface area contributed by atoms with Crippen molar-refractivity contribution in [1.82, 2.24) is 19.7 Å². The standard InChI is InChI=1S/C17H16F2N4/c1-12(17-4-2-3-7-21-17)15(9-23-11-20-10-22-23)14-6-5-13(18)8-16(14)19/h2-8,10-12,15H,9H2,1H3/t12-,15+/m0/s1. The van der Waals surface area contributed by atoms with Crippen molar-refractivity contribution in [2.45, 2.75) is 25.3 Å². The Bertz CT molecular complexity index is 760. The van der Waals surface area contributed by atoms with Crippen LogP contribution in [0.3, 0.4) is 0 Å². The van der Waals surface area contributed by atoms with Gasteiger partial charge in [-0.25, -0.2) is 13.8 Å². The molecule has 0 unspecified atom stereocenters. The zero-order valence-electron chi connectivity index (χ0n) is 12.6. The Morgan fingerprint density at radius 3 is 2.70 bits per heavy atom. The van der Waals surface area contributed by atoms with Crippen molar-refractivity contribution in [3.63, 3.8) is 0 Å². The molecule has 0 saturated carbocycles. The normalized spacial score (nSPS) is 13.7. The minimum atomic E-state index is -0.587. The van der Waals surface area contributed by atoms with Crippen molar-refractivity contribution in [2.24, 2.45) is 0 Å². The Balaban J connectivity index is 1.99. The first kappa shape index (κ1) is 15.3. The van der Waals surface area contributed by atoms with Gasteiger partial charge in [0.25, 0.3) is 0 Å². The Morgan fingerprint density at radius 2 is 2.04 bits per heavy atom. The molecular weight excluding hydrogens is 298 g/mol. The monoisotopic (exact) mass is 314 g/mol. The number of benzene rings is 1. The van der Waals surface area contributed by atoms with E-state index < -0.39 is 11.6 Å². The van der Waals surface area contributed by atoms with Crippen LogP contribution in [0, 0.1) is 11.6 Å². The summed E-state index contributed by atoms with van der Waals surface area (Å²) in [5, 5.41) is 4.09. The van der Waals surface area contributed by atoms with Gasteiger partial charge in [0.1, 0.15) is 24.3 Å². The number of nitrogens with zero attached hydrogens (tertiary/aromatic N) is 4. The molecule has 4 nitrogen and oxygen atoms in total. The zero-order valence-corrected chi connectivity index (χ0v) is 12.6. The summed E-state index contributed by atoms with van der Waals surface area (Å²) < 4.78 is 29.2. The number of aromatic nitrogens is 4. The summed E-state index contributed by atoms with van der Waals surface area (Å²) in [6, 6.07) is 9.31. The molecular formula is C17H16F2N4.